The number of nitrogens with one attached hydrogen (secondary N) is 1. The third kappa shape index (κ3) is 1.60. The van der Waals surface area contributed by atoms with Crippen LogP contribution >= 0.6 is 0 Å². The Labute approximate surface area is 87.5 Å². The largest absolute Gasteiger partial charge is 0.332 e. The monoisotopic (exact) mass is 232 g/mol. The predicted octanol–water partition coefficient (Wildman–Crippen LogP) is -0.886. The Bertz CT molecular complexity index is 408. The fourth-order valence-electron chi connectivity index (χ4n) is 2.07. The van der Waals surface area contributed by atoms with Crippen molar-refractivity contribution in [2.45, 2.75) is 25.4 Å². The molecular formula is C8H12N2O4S. The van der Waals surface area contributed by atoms with Crippen LogP contribution in [0.15, 0.2) is 0 Å². The number of imide groups is 1. The van der Waals surface area contributed by atoms with Gasteiger partial charge in [-0.05, 0) is 0 Å². The first-order valence-electron chi connectivity index (χ1n) is 4.77. The molecule has 2 aliphatic rings. The molecule has 0 aromatic rings. The van der Waals surface area contributed by atoms with Gasteiger partial charge in [0.05, 0.1) is 23.6 Å². The molecule has 15 heavy (non-hydrogen) atoms. The summed E-state index contributed by atoms with van der Waals surface area (Å²) in [5, 5.41) is 2.52. The highest BCUT2D eigenvalue weighted by Crippen LogP contribution is 2.24. The molecule has 2 rings (SSSR count). The molecule has 0 aromatic heterocycles. The second-order valence-electron chi connectivity index (χ2n) is 3.82. The van der Waals surface area contributed by atoms with Crippen molar-refractivity contribution in [1.82, 2.24) is 10.2 Å². The number of carbonyl (C=O) groups excluding carboxylic acids is 2. The summed E-state index contributed by atoms with van der Waals surface area (Å²) in [6, 6.07) is -1.39. The quantitative estimate of drug-likeness (QED) is 0.595. The van der Waals surface area contributed by atoms with Gasteiger partial charge in [0.25, 0.3) is 0 Å². The van der Waals surface area contributed by atoms with Crippen molar-refractivity contribution in [2.24, 2.45) is 0 Å². The number of hydrogen-bond acceptors (Lipinski definition) is 4. The smallest absolute Gasteiger partial charge is 0.324 e. The van der Waals surface area contributed by atoms with Gasteiger partial charge >= 0.3 is 6.03 Å². The first kappa shape index (κ1) is 10.4. The maximum atomic E-state index is 11.4. The SMILES string of the molecule is CCC(=O)N1C(=O)NC2CS(=O)(=O)CC21. The van der Waals surface area contributed by atoms with Gasteiger partial charge in [-0.3, -0.25) is 9.69 Å². The molecule has 1 N–H and O–H groups in total. The predicted molar refractivity (Wildman–Crippen MR) is 51.9 cm³/mol. The molecule has 3 amide bonds. The van der Waals surface area contributed by atoms with E-state index in [0.29, 0.717) is 0 Å². The molecule has 2 aliphatic heterocycles. The molecule has 6 nitrogen and oxygen atoms in total. The second kappa shape index (κ2) is 3.19. The van der Waals surface area contributed by atoms with Crippen LogP contribution in [0.4, 0.5) is 4.79 Å². The van der Waals surface area contributed by atoms with Crippen LogP contribution in [-0.4, -0.2) is 48.8 Å². The summed E-state index contributed by atoms with van der Waals surface area (Å²) < 4.78 is 22.6. The highest BCUT2D eigenvalue weighted by atomic mass is 32.2. The average molecular weight is 232 g/mol. The molecule has 84 valence electrons. The van der Waals surface area contributed by atoms with E-state index in [0.717, 1.165) is 4.90 Å². The van der Waals surface area contributed by atoms with E-state index < -0.39 is 28.0 Å². The molecule has 0 bridgehead atoms. The third-order valence-electron chi connectivity index (χ3n) is 2.75. The minimum Gasteiger partial charge on any atom is -0.332 e. The summed E-state index contributed by atoms with van der Waals surface area (Å²) >= 11 is 0. The van der Waals surface area contributed by atoms with E-state index in [1.807, 2.05) is 0 Å². The molecular weight excluding hydrogens is 220 g/mol. The Hall–Kier alpha value is -1.11. The lowest BCUT2D eigenvalue weighted by Crippen LogP contribution is -2.41. The zero-order valence-electron chi connectivity index (χ0n) is 8.26. The van der Waals surface area contributed by atoms with Crippen molar-refractivity contribution >= 4 is 21.8 Å². The van der Waals surface area contributed by atoms with Crippen LogP contribution in [0.25, 0.3) is 0 Å². The van der Waals surface area contributed by atoms with Gasteiger partial charge < -0.3 is 5.32 Å². The van der Waals surface area contributed by atoms with Crippen LogP contribution in [0.5, 0.6) is 0 Å². The fraction of sp³-hybridized carbons (Fsp3) is 0.750. The number of urea groups is 1. The highest BCUT2D eigenvalue weighted by molar-refractivity contribution is 7.91. The first-order valence-corrected chi connectivity index (χ1v) is 6.59. The Kier molecular flexibility index (Phi) is 2.22. The summed E-state index contributed by atoms with van der Waals surface area (Å²) in [6.07, 6.45) is 0.205. The van der Waals surface area contributed by atoms with Crippen LogP contribution in [0, 0.1) is 0 Å². The number of hydrogen-bond donors (Lipinski definition) is 1. The van der Waals surface area contributed by atoms with E-state index in [2.05, 4.69) is 5.32 Å². The Morgan fingerprint density at radius 2 is 2.20 bits per heavy atom. The minimum absolute atomic E-state index is 0.0586. The third-order valence-corrected chi connectivity index (χ3v) is 4.47. The fourth-order valence-corrected chi connectivity index (χ4v) is 3.96. The van der Waals surface area contributed by atoms with Crippen LogP contribution in [-0.2, 0) is 14.6 Å². The van der Waals surface area contributed by atoms with Crippen molar-refractivity contribution in [3.05, 3.63) is 0 Å². The molecule has 0 aliphatic carbocycles. The van der Waals surface area contributed by atoms with Crippen molar-refractivity contribution in [1.29, 1.82) is 0 Å². The highest BCUT2D eigenvalue weighted by Gasteiger charge is 2.50. The topological polar surface area (TPSA) is 83.6 Å². The maximum Gasteiger partial charge on any atom is 0.324 e. The van der Waals surface area contributed by atoms with Crippen molar-refractivity contribution in [3.8, 4) is 0 Å². The van der Waals surface area contributed by atoms with E-state index in [-0.39, 0.29) is 23.8 Å². The summed E-state index contributed by atoms with van der Waals surface area (Å²) in [5.74, 6) is -0.490. The van der Waals surface area contributed by atoms with Crippen LogP contribution in [0.1, 0.15) is 13.3 Å². The van der Waals surface area contributed by atoms with Crippen LogP contribution in [0.3, 0.4) is 0 Å². The van der Waals surface area contributed by atoms with Gasteiger partial charge in [-0.1, -0.05) is 6.92 Å². The lowest BCUT2D eigenvalue weighted by atomic mass is 10.2. The summed E-state index contributed by atoms with van der Waals surface area (Å²) in [4.78, 5) is 23.9. The Morgan fingerprint density at radius 3 is 2.80 bits per heavy atom. The minimum atomic E-state index is -3.11. The van der Waals surface area contributed by atoms with Gasteiger partial charge in [0.15, 0.2) is 9.84 Å². The molecule has 2 saturated heterocycles. The van der Waals surface area contributed by atoms with Gasteiger partial charge in [0.1, 0.15) is 0 Å². The molecule has 2 atom stereocenters. The summed E-state index contributed by atoms with van der Waals surface area (Å²) in [6.45, 7) is 1.65. The number of amides is 3. The van der Waals surface area contributed by atoms with E-state index >= 15 is 0 Å². The Balaban J connectivity index is 2.27. The molecule has 0 radical (unpaired) electrons. The number of nitrogens with zero attached hydrogens (tertiary/aromatic N) is 1. The van der Waals surface area contributed by atoms with Gasteiger partial charge in [0.2, 0.25) is 5.91 Å². The molecule has 0 aromatic carbocycles. The van der Waals surface area contributed by atoms with E-state index in [4.69, 9.17) is 0 Å². The number of carbonyl (C=O) groups is 2. The lowest BCUT2D eigenvalue weighted by molar-refractivity contribution is -0.128. The van der Waals surface area contributed by atoms with Gasteiger partial charge in [0, 0.05) is 6.42 Å². The van der Waals surface area contributed by atoms with E-state index in [9.17, 15) is 18.0 Å². The van der Waals surface area contributed by atoms with Crippen molar-refractivity contribution in [2.75, 3.05) is 11.5 Å². The summed E-state index contributed by atoms with van der Waals surface area (Å²) in [5.41, 5.74) is 0. The molecule has 0 spiro atoms. The molecule has 2 unspecified atom stereocenters. The van der Waals surface area contributed by atoms with E-state index in [1.54, 1.807) is 6.92 Å². The molecule has 2 heterocycles. The summed E-state index contributed by atoms with van der Waals surface area (Å²) in [7, 11) is -3.11. The van der Waals surface area contributed by atoms with Crippen molar-refractivity contribution < 1.29 is 18.0 Å². The standard InChI is InChI=1S/C8H12N2O4S/c1-2-7(11)10-6-4-15(13,14)3-5(6)9-8(10)12/h5-6H,2-4H2,1H3,(H,9,12). The van der Waals surface area contributed by atoms with Crippen LogP contribution < -0.4 is 5.32 Å². The molecule has 7 heteroatoms. The second-order valence-corrected chi connectivity index (χ2v) is 5.97. The molecule has 0 saturated carbocycles. The van der Waals surface area contributed by atoms with Gasteiger partial charge in [-0.15, -0.1) is 0 Å². The zero-order valence-corrected chi connectivity index (χ0v) is 9.08. The van der Waals surface area contributed by atoms with E-state index in [1.165, 1.54) is 0 Å². The lowest BCUT2D eigenvalue weighted by Gasteiger charge is -2.17. The Morgan fingerprint density at radius 1 is 1.53 bits per heavy atom. The average Bonchev–Trinajstić information content (AvgIpc) is 2.54. The maximum absolute atomic E-state index is 11.4. The normalized spacial score (nSPS) is 32.6. The van der Waals surface area contributed by atoms with Gasteiger partial charge in [-0.2, -0.15) is 0 Å². The number of fused-ring (bicyclic) bond motifs is 1. The number of sulfone groups is 1. The first-order chi connectivity index (χ1) is 6.94. The van der Waals surface area contributed by atoms with Crippen LogP contribution in [0.2, 0.25) is 0 Å². The van der Waals surface area contributed by atoms with Crippen molar-refractivity contribution in [3.63, 3.8) is 0 Å². The van der Waals surface area contributed by atoms with Gasteiger partial charge in [-0.25, -0.2) is 13.2 Å². The molecule has 2 fully saturated rings. The number of rotatable bonds is 1. The zero-order chi connectivity index (χ0) is 11.2.